The normalized spacial score (nSPS) is 11.5. The van der Waals surface area contributed by atoms with Crippen LogP contribution in [0.3, 0.4) is 0 Å². The minimum atomic E-state index is -0.748. The van der Waals surface area contributed by atoms with Gasteiger partial charge in [0.15, 0.2) is 16.7 Å². The number of thioether (sulfide) groups is 1. The van der Waals surface area contributed by atoms with Crippen molar-refractivity contribution in [3.63, 3.8) is 0 Å². The van der Waals surface area contributed by atoms with E-state index in [-0.39, 0.29) is 41.0 Å². The summed E-state index contributed by atoms with van der Waals surface area (Å²) < 4.78 is 22.7. The number of methoxy groups -OCH3 is 1. The van der Waals surface area contributed by atoms with Crippen molar-refractivity contribution in [3.05, 3.63) is 70.3 Å². The SMILES string of the molecule is CCOC(=O)c1sc(NC(=O)[C@@H](C)Sc2nnc(CNC(=O)c3ccco3)n2-c2ccccc2OC)c(C(=O)OCC)c1C. The average molecular weight is 642 g/mol. The van der Waals surface area contributed by atoms with Crippen LogP contribution in [0.15, 0.2) is 52.2 Å². The molecule has 0 saturated heterocycles. The molecule has 4 rings (SSSR count). The van der Waals surface area contributed by atoms with Gasteiger partial charge in [-0.15, -0.1) is 21.5 Å². The standard InChI is InChI=1S/C29H31N5O8S2/c1-6-40-27(37)22-16(3)23(28(38)41-7-2)44-26(22)31-24(35)17(4)43-29-33-32-21(15-30-25(36)20-13-10-14-42-20)34(29)18-11-8-9-12-19(18)39-5/h8-14,17H,6-7,15H2,1-5H3,(H,30,36)(H,31,35)/t17-/m1/s1. The number of aromatic nitrogens is 3. The summed E-state index contributed by atoms with van der Waals surface area (Å²) in [5.41, 5.74) is 1.05. The van der Waals surface area contributed by atoms with E-state index in [1.807, 2.05) is 12.1 Å². The predicted molar refractivity (Wildman–Crippen MR) is 163 cm³/mol. The number of thiophene rings is 1. The first kappa shape index (κ1) is 32.3. The molecule has 13 nitrogen and oxygen atoms in total. The van der Waals surface area contributed by atoms with Gasteiger partial charge in [0.05, 0.1) is 49.6 Å². The topological polar surface area (TPSA) is 164 Å². The molecule has 0 aliphatic heterocycles. The highest BCUT2D eigenvalue weighted by atomic mass is 32.2. The van der Waals surface area contributed by atoms with Gasteiger partial charge < -0.3 is 29.3 Å². The molecule has 4 aromatic rings. The molecule has 232 valence electrons. The number of benzene rings is 1. The molecule has 0 aliphatic carbocycles. The van der Waals surface area contributed by atoms with Gasteiger partial charge in [-0.1, -0.05) is 23.9 Å². The van der Waals surface area contributed by atoms with E-state index in [0.717, 1.165) is 23.1 Å². The van der Waals surface area contributed by atoms with Gasteiger partial charge in [-0.2, -0.15) is 0 Å². The van der Waals surface area contributed by atoms with Crippen LogP contribution in [-0.4, -0.2) is 64.1 Å². The monoisotopic (exact) mass is 641 g/mol. The van der Waals surface area contributed by atoms with Gasteiger partial charge in [-0.05, 0) is 57.5 Å². The lowest BCUT2D eigenvalue weighted by molar-refractivity contribution is -0.115. The Bertz CT molecular complexity index is 1650. The fraction of sp³-hybridized carbons (Fsp3) is 0.310. The van der Waals surface area contributed by atoms with Crippen molar-refractivity contribution in [1.29, 1.82) is 0 Å². The van der Waals surface area contributed by atoms with Crippen molar-refractivity contribution >= 4 is 51.9 Å². The Labute approximate surface area is 261 Å². The minimum Gasteiger partial charge on any atom is -0.495 e. The molecule has 44 heavy (non-hydrogen) atoms. The maximum Gasteiger partial charge on any atom is 0.348 e. The van der Waals surface area contributed by atoms with E-state index >= 15 is 0 Å². The number of amides is 2. The van der Waals surface area contributed by atoms with E-state index in [1.165, 1.54) is 13.4 Å². The lowest BCUT2D eigenvalue weighted by Crippen LogP contribution is -2.25. The Kier molecular flexibility index (Phi) is 10.8. The van der Waals surface area contributed by atoms with Crippen molar-refractivity contribution in [2.24, 2.45) is 0 Å². The van der Waals surface area contributed by atoms with E-state index in [9.17, 15) is 19.2 Å². The van der Waals surface area contributed by atoms with Crippen LogP contribution < -0.4 is 15.4 Å². The molecule has 0 radical (unpaired) electrons. The average Bonchev–Trinajstić information content (AvgIpc) is 3.76. The number of anilines is 1. The van der Waals surface area contributed by atoms with Crippen LogP contribution in [0.2, 0.25) is 0 Å². The Balaban J connectivity index is 1.61. The second-order valence-electron chi connectivity index (χ2n) is 9.02. The molecule has 1 aromatic carbocycles. The van der Waals surface area contributed by atoms with Gasteiger partial charge in [-0.3, -0.25) is 14.2 Å². The zero-order chi connectivity index (χ0) is 31.8. The molecular weight excluding hydrogens is 610 g/mol. The van der Waals surface area contributed by atoms with E-state index in [2.05, 4.69) is 20.8 Å². The number of carbonyl (C=O) groups excluding carboxylic acids is 4. The van der Waals surface area contributed by atoms with Gasteiger partial charge in [0.1, 0.15) is 15.6 Å². The van der Waals surface area contributed by atoms with Crippen LogP contribution in [0.4, 0.5) is 5.00 Å². The first-order chi connectivity index (χ1) is 21.2. The van der Waals surface area contributed by atoms with Crippen LogP contribution in [0.25, 0.3) is 5.69 Å². The maximum absolute atomic E-state index is 13.4. The highest BCUT2D eigenvalue weighted by Crippen LogP contribution is 2.36. The van der Waals surface area contributed by atoms with Crippen LogP contribution >= 0.6 is 23.1 Å². The molecule has 0 aliphatic rings. The number of nitrogens with zero attached hydrogens (tertiary/aromatic N) is 3. The predicted octanol–water partition coefficient (Wildman–Crippen LogP) is 4.64. The van der Waals surface area contributed by atoms with Gasteiger partial charge in [0, 0.05) is 0 Å². The Hall–Kier alpha value is -4.63. The lowest BCUT2D eigenvalue weighted by Gasteiger charge is -2.16. The smallest absolute Gasteiger partial charge is 0.348 e. The van der Waals surface area contributed by atoms with Crippen molar-refractivity contribution in [2.75, 3.05) is 25.6 Å². The summed E-state index contributed by atoms with van der Waals surface area (Å²) in [5.74, 6) is -1.11. The minimum absolute atomic E-state index is 0.000270. The fourth-order valence-electron chi connectivity index (χ4n) is 4.07. The molecule has 2 amide bonds. The first-order valence-electron chi connectivity index (χ1n) is 13.5. The van der Waals surface area contributed by atoms with Gasteiger partial charge >= 0.3 is 11.9 Å². The third kappa shape index (κ3) is 7.11. The molecular formula is C29H31N5O8S2. The zero-order valence-corrected chi connectivity index (χ0v) is 26.3. The number of ether oxygens (including phenoxy) is 3. The summed E-state index contributed by atoms with van der Waals surface area (Å²) in [6, 6.07) is 10.3. The largest absolute Gasteiger partial charge is 0.495 e. The second-order valence-corrected chi connectivity index (χ2v) is 11.3. The number of para-hydroxylation sites is 2. The van der Waals surface area contributed by atoms with Crippen molar-refractivity contribution in [2.45, 2.75) is 44.6 Å². The summed E-state index contributed by atoms with van der Waals surface area (Å²) >= 11 is 2.05. The van der Waals surface area contributed by atoms with E-state index in [4.69, 9.17) is 18.6 Å². The van der Waals surface area contributed by atoms with Crippen molar-refractivity contribution in [1.82, 2.24) is 20.1 Å². The number of esters is 2. The van der Waals surface area contributed by atoms with E-state index in [0.29, 0.717) is 28.0 Å². The summed E-state index contributed by atoms with van der Waals surface area (Å²) in [7, 11) is 1.53. The van der Waals surface area contributed by atoms with E-state index in [1.54, 1.807) is 56.5 Å². The van der Waals surface area contributed by atoms with Gasteiger partial charge in [0.2, 0.25) is 5.91 Å². The van der Waals surface area contributed by atoms with Crippen molar-refractivity contribution < 1.29 is 37.8 Å². The number of furan rings is 1. The van der Waals surface area contributed by atoms with Gasteiger partial charge in [-0.25, -0.2) is 9.59 Å². The number of carbonyl (C=O) groups is 4. The third-order valence-corrected chi connectivity index (χ3v) is 8.38. The number of hydrogen-bond donors (Lipinski definition) is 2. The number of rotatable bonds is 13. The van der Waals surface area contributed by atoms with Crippen molar-refractivity contribution in [3.8, 4) is 11.4 Å². The Morgan fingerprint density at radius 2 is 1.77 bits per heavy atom. The maximum atomic E-state index is 13.4. The Morgan fingerprint density at radius 3 is 2.45 bits per heavy atom. The molecule has 1 atom stereocenters. The molecule has 3 heterocycles. The molecule has 2 N–H and O–H groups in total. The molecule has 0 bridgehead atoms. The lowest BCUT2D eigenvalue weighted by atomic mass is 10.1. The molecule has 0 saturated carbocycles. The number of hydrogen-bond acceptors (Lipinski definition) is 12. The molecule has 0 spiro atoms. The highest BCUT2D eigenvalue weighted by molar-refractivity contribution is 8.00. The van der Waals surface area contributed by atoms with Crippen LogP contribution in [0.5, 0.6) is 5.75 Å². The van der Waals surface area contributed by atoms with Crippen LogP contribution in [0.1, 0.15) is 62.7 Å². The van der Waals surface area contributed by atoms with E-state index < -0.39 is 29.0 Å². The molecule has 0 fully saturated rings. The molecule has 15 heteroatoms. The molecule has 0 unspecified atom stereocenters. The second kappa shape index (κ2) is 14.7. The summed E-state index contributed by atoms with van der Waals surface area (Å²) in [6.45, 7) is 6.88. The molecule has 3 aromatic heterocycles. The first-order valence-corrected chi connectivity index (χ1v) is 15.2. The Morgan fingerprint density at radius 1 is 1.05 bits per heavy atom. The van der Waals surface area contributed by atoms with Crippen LogP contribution in [0, 0.1) is 6.92 Å². The quantitative estimate of drug-likeness (QED) is 0.154. The zero-order valence-electron chi connectivity index (χ0n) is 24.7. The summed E-state index contributed by atoms with van der Waals surface area (Å²) in [6.07, 6.45) is 1.40. The summed E-state index contributed by atoms with van der Waals surface area (Å²) in [4.78, 5) is 51.5. The fourth-order valence-corrected chi connectivity index (χ4v) is 6.04. The third-order valence-electron chi connectivity index (χ3n) is 6.15. The highest BCUT2D eigenvalue weighted by Gasteiger charge is 2.29. The number of nitrogens with one attached hydrogen (secondary N) is 2. The van der Waals surface area contributed by atoms with Gasteiger partial charge in [0.25, 0.3) is 5.91 Å². The summed E-state index contributed by atoms with van der Waals surface area (Å²) in [5, 5.41) is 13.9. The van der Waals surface area contributed by atoms with Crippen LogP contribution in [-0.2, 0) is 20.8 Å².